The number of hydrogen-bond donors (Lipinski definition) is 3. The van der Waals surface area contributed by atoms with Gasteiger partial charge in [0.15, 0.2) is 5.01 Å². The minimum Gasteiger partial charge on any atom is -0.507 e. The zero-order chi connectivity index (χ0) is 12.0. The van der Waals surface area contributed by atoms with E-state index >= 15 is 0 Å². The zero-order valence-corrected chi connectivity index (χ0v) is 9.82. The molecule has 0 fully saturated rings. The Hall–Kier alpha value is -2.15. The van der Waals surface area contributed by atoms with Crippen molar-refractivity contribution < 1.29 is 9.62 Å². The third-order valence-corrected chi connectivity index (χ3v) is 3.38. The van der Waals surface area contributed by atoms with Gasteiger partial charge in [-0.1, -0.05) is 9.61 Å². The maximum Gasteiger partial charge on any atom is 0.384 e. The fourth-order valence-electron chi connectivity index (χ4n) is 1.59. The molecule has 1 aromatic carbocycles. The van der Waals surface area contributed by atoms with E-state index in [2.05, 4.69) is 15.3 Å². The number of fused-ring (bicyclic) bond motifs is 1. The standard InChI is InChI=1S/C10H9N5OS/c1-5-12-13-10-15(5)14-9(17-10)7-3-2-6(11)4-8(7)16/h2-4H,1H3,(H3,11,14,16)/p+1. The molecule has 0 saturated carbocycles. The molecule has 0 spiro atoms. The van der Waals surface area contributed by atoms with Crippen LogP contribution >= 0.6 is 11.3 Å². The average Bonchev–Trinajstić information content (AvgIpc) is 2.81. The molecular weight excluding hydrogens is 238 g/mol. The van der Waals surface area contributed by atoms with Crippen molar-refractivity contribution in [2.45, 2.75) is 6.92 Å². The smallest absolute Gasteiger partial charge is 0.384 e. The van der Waals surface area contributed by atoms with Crippen molar-refractivity contribution in [3.63, 3.8) is 0 Å². The van der Waals surface area contributed by atoms with Crippen molar-refractivity contribution in [1.82, 2.24) is 15.3 Å². The Kier molecular flexibility index (Phi) is 2.02. The molecule has 0 radical (unpaired) electrons. The number of nitrogens with one attached hydrogen (secondary N) is 1. The molecule has 6 nitrogen and oxygen atoms in total. The fourth-order valence-corrected chi connectivity index (χ4v) is 2.52. The summed E-state index contributed by atoms with van der Waals surface area (Å²) in [7, 11) is 0. The van der Waals surface area contributed by atoms with E-state index in [0.717, 1.165) is 10.8 Å². The van der Waals surface area contributed by atoms with Crippen LogP contribution in [-0.4, -0.2) is 20.4 Å². The van der Waals surface area contributed by atoms with Crippen LogP contribution in [0.2, 0.25) is 0 Å². The van der Waals surface area contributed by atoms with E-state index in [9.17, 15) is 5.11 Å². The van der Waals surface area contributed by atoms with Crippen LogP contribution < -0.4 is 10.2 Å². The van der Waals surface area contributed by atoms with Crippen molar-refractivity contribution in [2.24, 2.45) is 0 Å². The second kappa shape index (κ2) is 3.42. The van der Waals surface area contributed by atoms with Gasteiger partial charge in [0.1, 0.15) is 5.75 Å². The highest BCUT2D eigenvalue weighted by atomic mass is 32.1. The van der Waals surface area contributed by atoms with Gasteiger partial charge in [0, 0.05) is 18.7 Å². The van der Waals surface area contributed by atoms with Crippen molar-refractivity contribution in [3.05, 3.63) is 24.0 Å². The van der Waals surface area contributed by atoms with Crippen molar-refractivity contribution in [2.75, 3.05) is 5.73 Å². The molecule has 0 atom stereocenters. The van der Waals surface area contributed by atoms with E-state index < -0.39 is 0 Å². The first kappa shape index (κ1) is 10.0. The largest absolute Gasteiger partial charge is 0.507 e. The van der Waals surface area contributed by atoms with E-state index in [1.165, 1.54) is 17.4 Å². The van der Waals surface area contributed by atoms with Crippen molar-refractivity contribution in [3.8, 4) is 16.3 Å². The second-order valence-electron chi connectivity index (χ2n) is 3.69. The summed E-state index contributed by atoms with van der Waals surface area (Å²) in [5, 5.41) is 21.8. The molecule has 0 saturated heterocycles. The highest BCUT2D eigenvalue weighted by Gasteiger charge is 2.18. The van der Waals surface area contributed by atoms with Gasteiger partial charge in [-0.25, -0.2) is 0 Å². The number of H-pyrrole nitrogens is 1. The Labute approximate surface area is 100 Å². The van der Waals surface area contributed by atoms with E-state index in [-0.39, 0.29) is 5.75 Å². The topological polar surface area (TPSA) is 91.9 Å². The summed E-state index contributed by atoms with van der Waals surface area (Å²) in [5.41, 5.74) is 6.77. The van der Waals surface area contributed by atoms with Gasteiger partial charge in [0.05, 0.1) is 10.7 Å². The third-order valence-electron chi connectivity index (χ3n) is 2.44. The van der Waals surface area contributed by atoms with Crippen molar-refractivity contribution in [1.29, 1.82) is 0 Å². The molecule has 86 valence electrons. The van der Waals surface area contributed by atoms with Crippen LogP contribution in [-0.2, 0) is 0 Å². The number of aromatic hydroxyl groups is 1. The van der Waals surface area contributed by atoms with Crippen LogP contribution in [0.3, 0.4) is 0 Å². The second-order valence-corrected chi connectivity index (χ2v) is 4.64. The van der Waals surface area contributed by atoms with Gasteiger partial charge in [0.2, 0.25) is 0 Å². The first-order valence-electron chi connectivity index (χ1n) is 4.98. The molecule has 3 aromatic rings. The summed E-state index contributed by atoms with van der Waals surface area (Å²) in [6, 6.07) is 5.00. The van der Waals surface area contributed by atoms with Crippen LogP contribution in [0.25, 0.3) is 15.5 Å². The van der Waals surface area contributed by atoms with E-state index in [1.54, 1.807) is 16.6 Å². The number of phenols is 1. The molecule has 7 heteroatoms. The number of anilines is 1. The molecule has 2 aromatic heterocycles. The summed E-state index contributed by atoms with van der Waals surface area (Å²) in [6.07, 6.45) is 0. The molecule has 0 bridgehead atoms. The molecule has 0 aliphatic heterocycles. The van der Waals surface area contributed by atoms with E-state index in [1.807, 2.05) is 6.92 Å². The lowest BCUT2D eigenvalue weighted by molar-refractivity contribution is -0.582. The SMILES string of the molecule is Cc1[nH]nc2sc(-c3ccc(N)cc3O)n[n+]12. The lowest BCUT2D eigenvalue weighted by Crippen LogP contribution is -2.24. The van der Waals surface area contributed by atoms with Crippen LogP contribution in [0.15, 0.2) is 18.2 Å². The quantitative estimate of drug-likeness (QED) is 0.440. The highest BCUT2D eigenvalue weighted by molar-refractivity contribution is 7.19. The Morgan fingerprint density at radius 3 is 3.00 bits per heavy atom. The number of aromatic nitrogens is 4. The van der Waals surface area contributed by atoms with Gasteiger partial charge < -0.3 is 10.8 Å². The Bertz CT molecular complexity index is 702. The molecule has 0 unspecified atom stereocenters. The Balaban J connectivity index is 2.20. The molecular formula is C10H10N5OS+. The molecule has 0 aliphatic rings. The summed E-state index contributed by atoms with van der Waals surface area (Å²) >= 11 is 1.40. The first-order chi connectivity index (χ1) is 8.15. The van der Waals surface area contributed by atoms with Crippen molar-refractivity contribution >= 4 is 22.0 Å². The minimum absolute atomic E-state index is 0.128. The molecule has 17 heavy (non-hydrogen) atoms. The lowest BCUT2D eigenvalue weighted by atomic mass is 10.2. The number of aromatic amines is 1. The number of benzene rings is 1. The molecule has 0 amide bonds. The molecule has 3 rings (SSSR count). The normalized spacial score (nSPS) is 11.1. The summed E-state index contributed by atoms with van der Waals surface area (Å²) in [5.74, 6) is 0.973. The number of hydrogen-bond acceptors (Lipinski definition) is 5. The predicted molar refractivity (Wildman–Crippen MR) is 63.7 cm³/mol. The van der Waals surface area contributed by atoms with Gasteiger partial charge in [-0.2, -0.15) is 0 Å². The summed E-state index contributed by atoms with van der Waals surface area (Å²) in [6.45, 7) is 1.88. The van der Waals surface area contributed by atoms with Crippen LogP contribution in [0.4, 0.5) is 5.69 Å². The molecule has 2 heterocycles. The summed E-state index contributed by atoms with van der Waals surface area (Å²) in [4.78, 5) is 0.758. The van der Waals surface area contributed by atoms with Crippen LogP contribution in [0.1, 0.15) is 5.82 Å². The lowest BCUT2D eigenvalue weighted by Gasteiger charge is -2.00. The van der Waals surface area contributed by atoms with Gasteiger partial charge in [-0.05, 0) is 23.5 Å². The number of nitrogens with zero attached hydrogens (tertiary/aromatic N) is 3. The maximum absolute atomic E-state index is 9.83. The maximum atomic E-state index is 9.83. The number of nitrogen functional groups attached to an aromatic ring is 1. The van der Waals surface area contributed by atoms with Crippen LogP contribution in [0.5, 0.6) is 5.75 Å². The Morgan fingerprint density at radius 1 is 1.47 bits per heavy atom. The summed E-state index contributed by atoms with van der Waals surface area (Å²) < 4.78 is 1.70. The fraction of sp³-hybridized carbons (Fsp3) is 0.100. The monoisotopic (exact) mass is 248 g/mol. The van der Waals surface area contributed by atoms with Gasteiger partial charge >= 0.3 is 4.96 Å². The van der Waals surface area contributed by atoms with Crippen LogP contribution in [0, 0.1) is 6.92 Å². The number of rotatable bonds is 1. The zero-order valence-electron chi connectivity index (χ0n) is 9.01. The van der Waals surface area contributed by atoms with Gasteiger partial charge in [-0.3, -0.25) is 0 Å². The first-order valence-corrected chi connectivity index (χ1v) is 5.79. The number of nitrogens with two attached hydrogens (primary N) is 1. The minimum atomic E-state index is 0.128. The molecule has 4 N–H and O–H groups in total. The molecule has 0 aliphatic carbocycles. The van der Waals surface area contributed by atoms with E-state index in [4.69, 9.17) is 5.73 Å². The van der Waals surface area contributed by atoms with Gasteiger partial charge in [0.25, 0.3) is 5.82 Å². The average molecular weight is 248 g/mol. The van der Waals surface area contributed by atoms with Gasteiger partial charge in [-0.15, -0.1) is 5.10 Å². The number of phenolic OH excluding ortho intramolecular Hbond substituents is 1. The predicted octanol–water partition coefficient (Wildman–Crippen LogP) is 0.868. The number of aryl methyl sites for hydroxylation is 1. The van der Waals surface area contributed by atoms with E-state index in [0.29, 0.717) is 16.3 Å². The third kappa shape index (κ3) is 1.51. The Morgan fingerprint density at radius 2 is 2.29 bits per heavy atom. The highest BCUT2D eigenvalue weighted by Crippen LogP contribution is 2.32.